The van der Waals surface area contributed by atoms with E-state index in [9.17, 15) is 0 Å². The number of aromatic nitrogens is 2. The molecule has 0 bridgehead atoms. The monoisotopic (exact) mass is 300 g/mol. The van der Waals surface area contributed by atoms with Gasteiger partial charge in [0.2, 0.25) is 5.88 Å². The number of anilines is 2. The highest BCUT2D eigenvalue weighted by Crippen LogP contribution is 2.29. The molecule has 5 nitrogen and oxygen atoms in total. The molecule has 3 N–H and O–H groups in total. The molecule has 0 spiro atoms. The van der Waals surface area contributed by atoms with E-state index >= 15 is 0 Å². The smallest absolute Gasteiger partial charge is 0.242 e. The first kappa shape index (κ1) is 16.1. The maximum atomic E-state index is 6.11. The summed E-state index contributed by atoms with van der Waals surface area (Å²) in [7, 11) is 1.57. The third-order valence-electron chi connectivity index (χ3n) is 3.39. The topological polar surface area (TPSA) is 73.1 Å². The number of nitrogens with zero attached hydrogens (tertiary/aromatic N) is 2. The molecule has 0 saturated carbocycles. The standard InChI is InChI=1S/C17H24N4O/c1-11(2)10-14-20-16(15(18)17(21-14)22-4)19-12(3)13-8-6-5-7-9-13/h5-9,11-12H,10,18H2,1-4H3,(H,19,20,21). The summed E-state index contributed by atoms with van der Waals surface area (Å²) in [5, 5.41) is 3.36. The quantitative estimate of drug-likeness (QED) is 0.855. The molecular weight excluding hydrogens is 276 g/mol. The van der Waals surface area contributed by atoms with E-state index in [0.717, 1.165) is 12.2 Å². The van der Waals surface area contributed by atoms with Gasteiger partial charge in [0.05, 0.1) is 13.2 Å². The molecule has 1 unspecified atom stereocenters. The molecule has 0 saturated heterocycles. The molecule has 5 heteroatoms. The van der Waals surface area contributed by atoms with Gasteiger partial charge in [-0.1, -0.05) is 44.2 Å². The Hall–Kier alpha value is -2.30. The summed E-state index contributed by atoms with van der Waals surface area (Å²) >= 11 is 0. The second-order valence-corrected chi connectivity index (χ2v) is 5.79. The van der Waals surface area contributed by atoms with Crippen molar-refractivity contribution in [1.29, 1.82) is 0 Å². The van der Waals surface area contributed by atoms with Gasteiger partial charge in [0.15, 0.2) is 5.82 Å². The maximum absolute atomic E-state index is 6.11. The van der Waals surface area contributed by atoms with Crippen LogP contribution in [0.1, 0.15) is 38.2 Å². The van der Waals surface area contributed by atoms with Gasteiger partial charge >= 0.3 is 0 Å². The minimum Gasteiger partial charge on any atom is -0.479 e. The molecule has 0 aliphatic carbocycles. The van der Waals surface area contributed by atoms with E-state index in [2.05, 4.69) is 48.2 Å². The molecule has 2 aromatic rings. The molecule has 0 aliphatic rings. The van der Waals surface area contributed by atoms with Crippen LogP contribution in [0.25, 0.3) is 0 Å². The Balaban J connectivity index is 2.29. The Morgan fingerprint density at radius 1 is 1.14 bits per heavy atom. The van der Waals surface area contributed by atoms with Gasteiger partial charge in [-0.3, -0.25) is 0 Å². The lowest BCUT2D eigenvalue weighted by Crippen LogP contribution is -2.13. The van der Waals surface area contributed by atoms with Crippen LogP contribution in [0.15, 0.2) is 30.3 Å². The fourth-order valence-electron chi connectivity index (χ4n) is 2.25. The number of nitrogens with two attached hydrogens (primary N) is 1. The number of benzene rings is 1. The van der Waals surface area contributed by atoms with Crippen molar-refractivity contribution in [1.82, 2.24) is 9.97 Å². The van der Waals surface area contributed by atoms with Gasteiger partial charge in [-0.05, 0) is 18.4 Å². The Morgan fingerprint density at radius 2 is 1.82 bits per heavy atom. The van der Waals surface area contributed by atoms with E-state index in [4.69, 9.17) is 10.5 Å². The van der Waals surface area contributed by atoms with Gasteiger partial charge in [-0.15, -0.1) is 0 Å². The molecule has 0 radical (unpaired) electrons. The normalized spacial score (nSPS) is 12.2. The third-order valence-corrected chi connectivity index (χ3v) is 3.39. The molecule has 1 heterocycles. The summed E-state index contributed by atoms with van der Waals surface area (Å²) < 4.78 is 5.28. The number of rotatable bonds is 6. The fourth-order valence-corrected chi connectivity index (χ4v) is 2.25. The summed E-state index contributed by atoms with van der Waals surface area (Å²) in [6, 6.07) is 10.3. The zero-order valence-electron chi connectivity index (χ0n) is 13.6. The highest BCUT2D eigenvalue weighted by atomic mass is 16.5. The van der Waals surface area contributed by atoms with Gasteiger partial charge in [0.1, 0.15) is 11.5 Å². The molecule has 22 heavy (non-hydrogen) atoms. The molecule has 1 aromatic heterocycles. The van der Waals surface area contributed by atoms with E-state index in [0.29, 0.717) is 23.3 Å². The van der Waals surface area contributed by atoms with Crippen LogP contribution in [0.2, 0.25) is 0 Å². The number of nitrogens with one attached hydrogen (secondary N) is 1. The molecule has 0 fully saturated rings. The predicted molar refractivity (Wildman–Crippen MR) is 90.0 cm³/mol. The largest absolute Gasteiger partial charge is 0.479 e. The van der Waals surface area contributed by atoms with E-state index < -0.39 is 0 Å². The van der Waals surface area contributed by atoms with Crippen LogP contribution in [0.4, 0.5) is 11.5 Å². The lowest BCUT2D eigenvalue weighted by Gasteiger charge is -2.18. The van der Waals surface area contributed by atoms with Gasteiger partial charge in [-0.2, -0.15) is 4.98 Å². The third kappa shape index (κ3) is 3.87. The molecular formula is C17H24N4O. The molecule has 0 aliphatic heterocycles. The van der Waals surface area contributed by atoms with Crippen LogP contribution in [0.5, 0.6) is 5.88 Å². The fraction of sp³-hybridized carbons (Fsp3) is 0.412. The van der Waals surface area contributed by atoms with E-state index in [1.807, 2.05) is 18.2 Å². The van der Waals surface area contributed by atoms with Gasteiger partial charge in [0.25, 0.3) is 0 Å². The average Bonchev–Trinajstić information content (AvgIpc) is 2.50. The van der Waals surface area contributed by atoms with E-state index in [1.165, 1.54) is 5.56 Å². The first-order chi connectivity index (χ1) is 10.5. The average molecular weight is 300 g/mol. The van der Waals surface area contributed by atoms with Crippen molar-refractivity contribution in [3.8, 4) is 5.88 Å². The highest BCUT2D eigenvalue weighted by Gasteiger charge is 2.15. The van der Waals surface area contributed by atoms with E-state index in [1.54, 1.807) is 7.11 Å². The number of hydrogen-bond acceptors (Lipinski definition) is 5. The Kier molecular flexibility index (Phi) is 5.20. The van der Waals surface area contributed by atoms with Gasteiger partial charge < -0.3 is 15.8 Å². The summed E-state index contributed by atoms with van der Waals surface area (Å²) in [6.07, 6.45) is 0.783. The van der Waals surface area contributed by atoms with Crippen molar-refractivity contribution < 1.29 is 4.74 Å². The Morgan fingerprint density at radius 3 is 2.41 bits per heavy atom. The minimum absolute atomic E-state index is 0.0926. The zero-order chi connectivity index (χ0) is 16.1. The number of methoxy groups -OCH3 is 1. The maximum Gasteiger partial charge on any atom is 0.242 e. The van der Waals surface area contributed by atoms with Gasteiger partial charge in [0, 0.05) is 6.42 Å². The highest BCUT2D eigenvalue weighted by molar-refractivity contribution is 5.67. The van der Waals surface area contributed by atoms with Crippen molar-refractivity contribution in [2.75, 3.05) is 18.2 Å². The van der Waals surface area contributed by atoms with Gasteiger partial charge in [-0.25, -0.2) is 4.98 Å². The summed E-state index contributed by atoms with van der Waals surface area (Å²) in [6.45, 7) is 6.34. The summed E-state index contributed by atoms with van der Waals surface area (Å²) in [4.78, 5) is 8.93. The molecule has 118 valence electrons. The van der Waals surface area contributed by atoms with Crippen molar-refractivity contribution in [2.45, 2.75) is 33.2 Å². The van der Waals surface area contributed by atoms with Crippen LogP contribution in [0.3, 0.4) is 0 Å². The Bertz CT molecular complexity index is 614. The first-order valence-corrected chi connectivity index (χ1v) is 7.53. The number of hydrogen-bond donors (Lipinski definition) is 2. The van der Waals surface area contributed by atoms with Crippen molar-refractivity contribution >= 4 is 11.5 Å². The van der Waals surface area contributed by atoms with E-state index in [-0.39, 0.29) is 6.04 Å². The lowest BCUT2D eigenvalue weighted by atomic mass is 10.1. The summed E-state index contributed by atoms with van der Waals surface area (Å²) in [5.41, 5.74) is 7.72. The van der Waals surface area contributed by atoms with Crippen LogP contribution >= 0.6 is 0 Å². The Labute approximate surface area is 131 Å². The second-order valence-electron chi connectivity index (χ2n) is 5.79. The molecule has 1 atom stereocenters. The number of nitrogen functional groups attached to an aromatic ring is 1. The molecule has 0 amide bonds. The molecule has 1 aromatic carbocycles. The van der Waals surface area contributed by atoms with Crippen molar-refractivity contribution in [2.24, 2.45) is 5.92 Å². The second kappa shape index (κ2) is 7.11. The lowest BCUT2D eigenvalue weighted by molar-refractivity contribution is 0.396. The van der Waals surface area contributed by atoms with Crippen molar-refractivity contribution in [3.05, 3.63) is 41.7 Å². The zero-order valence-corrected chi connectivity index (χ0v) is 13.6. The minimum atomic E-state index is 0.0926. The van der Waals surface area contributed by atoms with Crippen LogP contribution in [0, 0.1) is 5.92 Å². The van der Waals surface area contributed by atoms with Crippen LogP contribution in [-0.4, -0.2) is 17.1 Å². The van der Waals surface area contributed by atoms with Crippen molar-refractivity contribution in [3.63, 3.8) is 0 Å². The summed E-state index contributed by atoms with van der Waals surface area (Å²) in [5.74, 6) is 2.25. The predicted octanol–water partition coefficient (Wildman–Crippen LogP) is 3.44. The first-order valence-electron chi connectivity index (χ1n) is 7.53. The molecule has 2 rings (SSSR count). The van der Waals surface area contributed by atoms with Crippen LogP contribution in [-0.2, 0) is 6.42 Å². The van der Waals surface area contributed by atoms with Crippen LogP contribution < -0.4 is 15.8 Å². The SMILES string of the molecule is COc1nc(CC(C)C)nc(NC(C)c2ccccc2)c1N. The number of ether oxygens (including phenoxy) is 1.